The summed E-state index contributed by atoms with van der Waals surface area (Å²) in [5, 5.41) is 22.4. The van der Waals surface area contributed by atoms with Gasteiger partial charge in [0, 0.05) is 13.0 Å². The lowest BCUT2D eigenvalue weighted by Crippen LogP contribution is -2.29. The average molecular weight is 440 g/mol. The molecule has 3 N–H and O–H groups in total. The van der Waals surface area contributed by atoms with E-state index in [4.69, 9.17) is 0 Å². The number of nitrogens with one attached hydrogen (secondary N) is 1. The highest BCUT2D eigenvalue weighted by Crippen LogP contribution is 2.12. The van der Waals surface area contributed by atoms with Crippen LogP contribution in [0, 0.1) is 0 Å². The highest BCUT2D eigenvalue weighted by atomic mass is 16.3. The van der Waals surface area contributed by atoms with Gasteiger partial charge in [-0.1, -0.05) is 97.2 Å². The van der Waals surface area contributed by atoms with Crippen molar-refractivity contribution in [3.63, 3.8) is 0 Å². The molecular weight excluding hydrogens is 382 g/mol. The zero-order chi connectivity index (χ0) is 26.1. The Bertz CT molecular complexity index is 402. The number of allylic oxidation sites excluding steroid dienone is 6. The molecule has 0 aromatic carbocycles. The first kappa shape index (κ1) is 43.2. The molecule has 0 aromatic heterocycles. The predicted octanol–water partition coefficient (Wildman–Crippen LogP) is 7.81. The zero-order valence-electron chi connectivity index (χ0n) is 22.7. The third-order valence-electron chi connectivity index (χ3n) is 2.90. The van der Waals surface area contributed by atoms with E-state index in [9.17, 15) is 10.2 Å². The third kappa shape index (κ3) is 58.5. The average Bonchev–Trinajstić information content (AvgIpc) is 2.79. The van der Waals surface area contributed by atoms with Crippen molar-refractivity contribution in [2.45, 2.75) is 93.8 Å². The Balaban J connectivity index is -0.0000000867. The summed E-state index contributed by atoms with van der Waals surface area (Å²) in [6.07, 6.45) is 13.9. The number of hydrogen-bond acceptors (Lipinski definition) is 3. The maximum absolute atomic E-state index is 9.63. The van der Waals surface area contributed by atoms with E-state index in [1.807, 2.05) is 91.8 Å². The second kappa shape index (κ2) is 42.4. The van der Waals surface area contributed by atoms with E-state index in [0.717, 1.165) is 18.7 Å². The predicted molar refractivity (Wildman–Crippen MR) is 148 cm³/mol. The molecule has 1 unspecified atom stereocenters. The standard InChI is InChI=1S/C13H25NO2.C7H10.3C2H6.C2H4/c1-5-11(6-2)10-14-8-7-12(15)9-13(3,4)16;1-3-5-7-6-4-2;4*1-2/h5-6,12,14-16H,1,7-10H2,2-4H3;3-7H,1H2,2H3;3*1-2H3;1-2H2/b11-6+;6-4-,7-5-;;;;. The van der Waals surface area contributed by atoms with Crippen LogP contribution < -0.4 is 5.32 Å². The van der Waals surface area contributed by atoms with Crippen molar-refractivity contribution >= 4 is 0 Å². The number of rotatable bonds is 10. The molecule has 0 saturated heterocycles. The summed E-state index contributed by atoms with van der Waals surface area (Å²) in [7, 11) is 0. The molecule has 0 heterocycles. The molecule has 0 bridgehead atoms. The molecule has 0 saturated carbocycles. The molecule has 0 rings (SSSR count). The van der Waals surface area contributed by atoms with Crippen LogP contribution in [0.2, 0.25) is 0 Å². The molecule has 0 aliphatic heterocycles. The molecule has 0 aliphatic carbocycles. The highest BCUT2D eigenvalue weighted by molar-refractivity contribution is 5.16. The molecule has 0 amide bonds. The van der Waals surface area contributed by atoms with Crippen LogP contribution >= 0.6 is 0 Å². The fourth-order valence-electron chi connectivity index (χ4n) is 1.73. The van der Waals surface area contributed by atoms with E-state index >= 15 is 0 Å². The molecule has 0 radical (unpaired) electrons. The zero-order valence-corrected chi connectivity index (χ0v) is 22.7. The molecular formula is C28H57NO2. The number of hydrogen-bond donors (Lipinski definition) is 3. The lowest BCUT2D eigenvalue weighted by molar-refractivity contribution is 0.0161. The van der Waals surface area contributed by atoms with Gasteiger partial charge in [0.25, 0.3) is 0 Å². The van der Waals surface area contributed by atoms with Gasteiger partial charge in [0.05, 0.1) is 11.7 Å². The van der Waals surface area contributed by atoms with Gasteiger partial charge >= 0.3 is 0 Å². The molecule has 3 nitrogen and oxygen atoms in total. The van der Waals surface area contributed by atoms with Gasteiger partial charge in [0.15, 0.2) is 0 Å². The van der Waals surface area contributed by atoms with Gasteiger partial charge in [-0.25, -0.2) is 0 Å². The van der Waals surface area contributed by atoms with Crippen molar-refractivity contribution in [2.75, 3.05) is 13.1 Å². The molecule has 0 spiro atoms. The van der Waals surface area contributed by atoms with Crippen molar-refractivity contribution < 1.29 is 10.2 Å². The Hall–Kier alpha value is -1.68. The largest absolute Gasteiger partial charge is 0.393 e. The molecule has 0 aromatic rings. The van der Waals surface area contributed by atoms with Crippen LogP contribution in [0.15, 0.2) is 74.4 Å². The Labute approximate surface area is 197 Å². The van der Waals surface area contributed by atoms with Gasteiger partial charge in [-0.2, -0.15) is 0 Å². The Morgan fingerprint density at radius 3 is 1.74 bits per heavy atom. The second-order valence-corrected chi connectivity index (χ2v) is 5.85. The SMILES string of the molecule is C=C.C=C/C(=C\C)CNCCC(O)CC(C)(C)O.C=C/C=C\C=C/C.CC.CC.CC. The van der Waals surface area contributed by atoms with Crippen LogP contribution in [0.3, 0.4) is 0 Å². The minimum absolute atomic E-state index is 0.409. The quantitative estimate of drug-likeness (QED) is 0.185. The molecule has 31 heavy (non-hydrogen) atoms. The van der Waals surface area contributed by atoms with Gasteiger partial charge < -0.3 is 15.5 Å². The van der Waals surface area contributed by atoms with Gasteiger partial charge in [0.2, 0.25) is 0 Å². The van der Waals surface area contributed by atoms with E-state index in [1.54, 1.807) is 19.9 Å². The topological polar surface area (TPSA) is 52.5 Å². The monoisotopic (exact) mass is 439 g/mol. The van der Waals surface area contributed by atoms with Gasteiger partial charge in [-0.3, -0.25) is 0 Å². The van der Waals surface area contributed by atoms with E-state index in [2.05, 4.69) is 31.6 Å². The van der Waals surface area contributed by atoms with Crippen molar-refractivity contribution in [1.29, 1.82) is 0 Å². The highest BCUT2D eigenvalue weighted by Gasteiger charge is 2.17. The Morgan fingerprint density at radius 2 is 1.42 bits per heavy atom. The lowest BCUT2D eigenvalue weighted by Gasteiger charge is -2.21. The van der Waals surface area contributed by atoms with Crippen LogP contribution in [0.25, 0.3) is 0 Å². The molecule has 0 aliphatic rings. The maximum Gasteiger partial charge on any atom is 0.0616 e. The van der Waals surface area contributed by atoms with E-state index in [1.165, 1.54) is 0 Å². The first-order valence-electron chi connectivity index (χ1n) is 11.6. The van der Waals surface area contributed by atoms with Crippen molar-refractivity contribution in [1.82, 2.24) is 5.32 Å². The fraction of sp³-hybridized carbons (Fsp3) is 0.571. The summed E-state index contributed by atoms with van der Waals surface area (Å²) in [6, 6.07) is 0. The fourth-order valence-corrected chi connectivity index (χ4v) is 1.73. The molecule has 0 fully saturated rings. The van der Waals surface area contributed by atoms with Crippen LogP contribution in [-0.2, 0) is 0 Å². The van der Waals surface area contributed by atoms with E-state index in [-0.39, 0.29) is 0 Å². The molecule has 1 atom stereocenters. The minimum Gasteiger partial charge on any atom is -0.393 e. The Kier molecular flexibility index (Phi) is 59.2. The molecule has 186 valence electrons. The maximum atomic E-state index is 9.63. The van der Waals surface area contributed by atoms with E-state index in [0.29, 0.717) is 12.8 Å². The van der Waals surface area contributed by atoms with Crippen molar-refractivity contribution in [2.24, 2.45) is 0 Å². The van der Waals surface area contributed by atoms with Gasteiger partial charge in [0.1, 0.15) is 0 Å². The summed E-state index contributed by atoms with van der Waals surface area (Å²) in [5.41, 5.74) is 0.353. The van der Waals surface area contributed by atoms with E-state index < -0.39 is 11.7 Å². The van der Waals surface area contributed by atoms with Crippen LogP contribution in [0.5, 0.6) is 0 Å². The number of aliphatic hydroxyl groups excluding tert-OH is 1. The van der Waals surface area contributed by atoms with Gasteiger partial charge in [-0.05, 0) is 46.2 Å². The third-order valence-corrected chi connectivity index (χ3v) is 2.90. The smallest absolute Gasteiger partial charge is 0.0616 e. The summed E-state index contributed by atoms with van der Waals surface area (Å²) < 4.78 is 0. The van der Waals surface area contributed by atoms with Crippen LogP contribution in [0.4, 0.5) is 0 Å². The summed E-state index contributed by atoms with van der Waals surface area (Å²) in [6.45, 7) is 34.1. The summed E-state index contributed by atoms with van der Waals surface area (Å²) in [4.78, 5) is 0. The second-order valence-electron chi connectivity index (χ2n) is 5.85. The molecule has 3 heteroatoms. The summed E-state index contributed by atoms with van der Waals surface area (Å²) in [5.74, 6) is 0. The van der Waals surface area contributed by atoms with Gasteiger partial charge in [-0.15, -0.1) is 13.2 Å². The van der Waals surface area contributed by atoms with Crippen molar-refractivity contribution in [3.05, 3.63) is 74.4 Å². The van der Waals surface area contributed by atoms with Crippen molar-refractivity contribution in [3.8, 4) is 0 Å². The lowest BCUT2D eigenvalue weighted by atomic mass is 9.99. The summed E-state index contributed by atoms with van der Waals surface area (Å²) >= 11 is 0. The first-order valence-corrected chi connectivity index (χ1v) is 11.6. The van der Waals surface area contributed by atoms with Crippen LogP contribution in [0.1, 0.15) is 82.1 Å². The normalized spacial score (nSPS) is 10.9. The van der Waals surface area contributed by atoms with Crippen LogP contribution in [-0.4, -0.2) is 35.0 Å². The minimum atomic E-state index is -0.797. The Morgan fingerprint density at radius 1 is 0.935 bits per heavy atom. The first-order chi connectivity index (χ1) is 14.8. The number of aliphatic hydroxyl groups is 2.